The summed E-state index contributed by atoms with van der Waals surface area (Å²) in [5, 5.41) is 10.0. The summed E-state index contributed by atoms with van der Waals surface area (Å²) in [6.07, 6.45) is 4.86. The van der Waals surface area contributed by atoms with Crippen molar-refractivity contribution in [2.24, 2.45) is 0 Å². The maximum Gasteiger partial charge on any atom is 0.255 e. The number of imidazole rings is 1. The van der Waals surface area contributed by atoms with Crippen LogP contribution in [0.1, 0.15) is 28.4 Å². The first kappa shape index (κ1) is 14.8. The van der Waals surface area contributed by atoms with Gasteiger partial charge in [-0.25, -0.2) is 9.37 Å². The van der Waals surface area contributed by atoms with E-state index in [1.807, 2.05) is 6.07 Å². The molecule has 4 rings (SSSR count). The van der Waals surface area contributed by atoms with Crippen molar-refractivity contribution in [1.29, 1.82) is 0 Å². The average molecular weight is 325 g/mol. The van der Waals surface area contributed by atoms with Gasteiger partial charge in [-0.15, -0.1) is 0 Å². The second-order valence-corrected chi connectivity index (χ2v) is 6.06. The molecule has 0 radical (unpaired) electrons. The van der Waals surface area contributed by atoms with Crippen molar-refractivity contribution in [3.05, 3.63) is 72.1 Å². The third-order valence-electron chi connectivity index (χ3n) is 4.43. The molecular weight excluding hydrogens is 309 g/mol. The second-order valence-electron chi connectivity index (χ2n) is 6.06. The number of aliphatic hydroxyl groups is 1. The van der Waals surface area contributed by atoms with E-state index in [1.54, 1.807) is 46.2 Å². The van der Waals surface area contributed by atoms with Gasteiger partial charge in [0.1, 0.15) is 5.82 Å². The highest BCUT2D eigenvalue weighted by Gasteiger charge is 2.36. The molecule has 6 heteroatoms. The Labute approximate surface area is 138 Å². The molecule has 2 aromatic heterocycles. The van der Waals surface area contributed by atoms with Crippen molar-refractivity contribution in [2.75, 3.05) is 6.54 Å². The van der Waals surface area contributed by atoms with Gasteiger partial charge >= 0.3 is 0 Å². The molecule has 0 spiro atoms. The van der Waals surface area contributed by atoms with E-state index in [0.29, 0.717) is 17.5 Å². The predicted molar refractivity (Wildman–Crippen MR) is 86.0 cm³/mol. The van der Waals surface area contributed by atoms with Gasteiger partial charge in [-0.3, -0.25) is 4.79 Å². The first-order chi connectivity index (χ1) is 11.6. The second kappa shape index (κ2) is 5.72. The number of aromatic nitrogens is 2. The average Bonchev–Trinajstić information content (AvgIpc) is 3.19. The first-order valence-corrected chi connectivity index (χ1v) is 7.78. The van der Waals surface area contributed by atoms with E-state index in [1.165, 1.54) is 12.1 Å². The number of amides is 1. The molecule has 1 aliphatic heterocycles. The maximum atomic E-state index is 13.5. The SMILES string of the molecule is O=C(c1ccc2cncn2c1)N1C[C@H](O)C[C@@H]1c1cccc(F)c1. The van der Waals surface area contributed by atoms with E-state index in [0.717, 1.165) is 5.52 Å². The fourth-order valence-corrected chi connectivity index (χ4v) is 3.28. The Bertz CT molecular complexity index is 908. The number of carbonyl (C=O) groups excluding carboxylic acids is 1. The Balaban J connectivity index is 1.68. The summed E-state index contributed by atoms with van der Waals surface area (Å²) in [4.78, 5) is 18.6. The Morgan fingerprint density at radius 2 is 2.17 bits per heavy atom. The number of hydrogen-bond acceptors (Lipinski definition) is 3. The Morgan fingerprint density at radius 3 is 3.00 bits per heavy atom. The molecule has 0 saturated carbocycles. The number of carbonyl (C=O) groups is 1. The number of aliphatic hydroxyl groups excluding tert-OH is 1. The van der Waals surface area contributed by atoms with Crippen LogP contribution in [0.2, 0.25) is 0 Å². The van der Waals surface area contributed by atoms with E-state index in [2.05, 4.69) is 4.98 Å². The van der Waals surface area contributed by atoms with Crippen LogP contribution in [0.25, 0.3) is 5.52 Å². The number of rotatable bonds is 2. The summed E-state index contributed by atoms with van der Waals surface area (Å²) < 4.78 is 15.3. The van der Waals surface area contributed by atoms with Crippen LogP contribution in [0.3, 0.4) is 0 Å². The van der Waals surface area contributed by atoms with Gasteiger partial charge in [0.15, 0.2) is 0 Å². The van der Waals surface area contributed by atoms with Gasteiger partial charge in [0.25, 0.3) is 5.91 Å². The lowest BCUT2D eigenvalue weighted by molar-refractivity contribution is 0.0715. The molecule has 1 amide bonds. The minimum Gasteiger partial charge on any atom is -0.391 e. The highest BCUT2D eigenvalue weighted by Crippen LogP contribution is 2.33. The van der Waals surface area contributed by atoms with E-state index in [9.17, 15) is 14.3 Å². The fraction of sp³-hybridized carbons (Fsp3) is 0.222. The van der Waals surface area contributed by atoms with Crippen LogP contribution in [0.15, 0.2) is 55.1 Å². The molecule has 1 fully saturated rings. The van der Waals surface area contributed by atoms with E-state index < -0.39 is 6.10 Å². The van der Waals surface area contributed by atoms with Gasteiger partial charge in [0.2, 0.25) is 0 Å². The Morgan fingerprint density at radius 1 is 1.29 bits per heavy atom. The van der Waals surface area contributed by atoms with E-state index >= 15 is 0 Å². The van der Waals surface area contributed by atoms with Gasteiger partial charge in [-0.1, -0.05) is 12.1 Å². The van der Waals surface area contributed by atoms with Gasteiger partial charge in [-0.2, -0.15) is 0 Å². The largest absolute Gasteiger partial charge is 0.391 e. The van der Waals surface area contributed by atoms with Crippen molar-refractivity contribution < 1.29 is 14.3 Å². The topological polar surface area (TPSA) is 57.8 Å². The van der Waals surface area contributed by atoms with Crippen LogP contribution in [0.5, 0.6) is 0 Å². The van der Waals surface area contributed by atoms with Crippen molar-refractivity contribution >= 4 is 11.4 Å². The third-order valence-corrected chi connectivity index (χ3v) is 4.43. The van der Waals surface area contributed by atoms with Gasteiger partial charge in [0.05, 0.1) is 35.8 Å². The summed E-state index contributed by atoms with van der Waals surface area (Å²) in [6, 6.07) is 9.43. The van der Waals surface area contributed by atoms with Gasteiger partial charge in [-0.05, 0) is 36.2 Å². The van der Waals surface area contributed by atoms with E-state index in [-0.39, 0.29) is 24.3 Å². The number of pyridine rings is 1. The van der Waals surface area contributed by atoms with Crippen LogP contribution < -0.4 is 0 Å². The lowest BCUT2D eigenvalue weighted by Crippen LogP contribution is -2.32. The smallest absolute Gasteiger partial charge is 0.255 e. The van der Waals surface area contributed by atoms with Crippen LogP contribution in [0, 0.1) is 5.82 Å². The molecule has 1 saturated heterocycles. The number of halogens is 1. The Hall–Kier alpha value is -2.73. The highest BCUT2D eigenvalue weighted by atomic mass is 19.1. The van der Waals surface area contributed by atoms with E-state index in [4.69, 9.17) is 0 Å². The first-order valence-electron chi connectivity index (χ1n) is 7.78. The van der Waals surface area contributed by atoms with Crippen LogP contribution in [-0.4, -0.2) is 37.9 Å². The molecule has 2 atom stereocenters. The van der Waals surface area contributed by atoms with Crippen molar-refractivity contribution in [3.63, 3.8) is 0 Å². The molecule has 1 N–H and O–H groups in total. The molecule has 0 aliphatic carbocycles. The maximum absolute atomic E-state index is 13.5. The minimum absolute atomic E-state index is 0.184. The molecule has 1 aromatic carbocycles. The van der Waals surface area contributed by atoms with Crippen molar-refractivity contribution in [1.82, 2.24) is 14.3 Å². The molecule has 1 aliphatic rings. The molecular formula is C18H16FN3O2. The normalized spacial score (nSPS) is 20.7. The number of likely N-dealkylation sites (tertiary alicyclic amines) is 1. The van der Waals surface area contributed by atoms with Gasteiger partial charge in [0, 0.05) is 12.7 Å². The molecule has 0 bridgehead atoms. The molecule has 24 heavy (non-hydrogen) atoms. The summed E-state index contributed by atoms with van der Waals surface area (Å²) in [5.41, 5.74) is 2.11. The Kier molecular flexibility index (Phi) is 3.54. The zero-order valence-electron chi connectivity index (χ0n) is 12.8. The zero-order chi connectivity index (χ0) is 16.7. The standard InChI is InChI=1S/C18H16FN3O2/c19-14-3-1-2-12(6-14)17-7-16(23)10-22(17)18(24)13-4-5-15-8-20-11-21(15)9-13/h1-6,8-9,11,16-17,23H,7,10H2/t16-,17-/m1/s1. The molecule has 3 aromatic rings. The van der Waals surface area contributed by atoms with Crippen LogP contribution >= 0.6 is 0 Å². The quantitative estimate of drug-likeness (QED) is 0.787. The van der Waals surface area contributed by atoms with Gasteiger partial charge < -0.3 is 14.4 Å². The molecule has 5 nitrogen and oxygen atoms in total. The number of nitrogens with zero attached hydrogens (tertiary/aromatic N) is 3. The summed E-state index contributed by atoms with van der Waals surface area (Å²) in [7, 11) is 0. The van der Waals surface area contributed by atoms with Crippen molar-refractivity contribution in [2.45, 2.75) is 18.6 Å². The number of fused-ring (bicyclic) bond motifs is 1. The number of β-amino-alcohol motifs (C(OH)–C–C–N with tert-alkyl or cyclic N) is 1. The zero-order valence-corrected chi connectivity index (χ0v) is 12.8. The highest BCUT2D eigenvalue weighted by molar-refractivity contribution is 5.94. The molecule has 0 unspecified atom stereocenters. The molecule has 3 heterocycles. The predicted octanol–water partition coefficient (Wildman–Crippen LogP) is 2.42. The third kappa shape index (κ3) is 2.55. The summed E-state index contributed by atoms with van der Waals surface area (Å²) in [6.45, 7) is 0.238. The monoisotopic (exact) mass is 325 g/mol. The van der Waals surface area contributed by atoms with Crippen LogP contribution in [-0.2, 0) is 0 Å². The lowest BCUT2D eigenvalue weighted by atomic mass is 10.0. The molecule has 122 valence electrons. The van der Waals surface area contributed by atoms with Crippen molar-refractivity contribution in [3.8, 4) is 0 Å². The number of hydrogen-bond donors (Lipinski definition) is 1. The summed E-state index contributed by atoms with van der Waals surface area (Å²) >= 11 is 0. The summed E-state index contributed by atoms with van der Waals surface area (Å²) in [5.74, 6) is -0.530. The number of benzene rings is 1. The lowest BCUT2D eigenvalue weighted by Gasteiger charge is -2.25. The minimum atomic E-state index is -0.612. The van der Waals surface area contributed by atoms with Crippen LogP contribution in [0.4, 0.5) is 4.39 Å². The fourth-order valence-electron chi connectivity index (χ4n) is 3.28.